The van der Waals surface area contributed by atoms with Gasteiger partial charge >= 0.3 is 5.97 Å². The maximum atomic E-state index is 10.6. The number of likely N-dealkylation sites (N-methyl/N-ethyl adjacent to an activating group) is 1. The van der Waals surface area contributed by atoms with E-state index in [1.165, 1.54) is 0 Å². The molecule has 1 aliphatic rings. The van der Waals surface area contributed by atoms with Gasteiger partial charge in [-0.3, -0.25) is 9.69 Å². The van der Waals surface area contributed by atoms with Crippen LogP contribution in [0.5, 0.6) is 5.75 Å². The van der Waals surface area contributed by atoms with E-state index in [-0.39, 0.29) is 12.5 Å². The van der Waals surface area contributed by atoms with Gasteiger partial charge in [-0.25, -0.2) is 0 Å². The average molecular weight is 285 g/mol. The Morgan fingerprint density at radius 1 is 1.63 bits per heavy atom. The molecule has 2 rings (SSSR count). The Kier molecular flexibility index (Phi) is 4.29. The van der Waals surface area contributed by atoms with E-state index in [9.17, 15) is 4.79 Å². The number of aliphatic carboxylic acids is 1. The number of halogens is 1. The summed E-state index contributed by atoms with van der Waals surface area (Å²) in [6.07, 6.45) is 0.0466. The number of rotatable bonds is 5. The minimum Gasteiger partial charge on any atom is -0.486 e. The van der Waals surface area contributed by atoms with Crippen LogP contribution < -0.4 is 10.5 Å². The van der Waals surface area contributed by atoms with Crippen molar-refractivity contribution in [1.82, 2.24) is 4.90 Å². The van der Waals surface area contributed by atoms with E-state index in [1.54, 1.807) is 18.2 Å². The van der Waals surface area contributed by atoms with Gasteiger partial charge in [-0.15, -0.1) is 0 Å². The van der Waals surface area contributed by atoms with Gasteiger partial charge in [0.05, 0.1) is 11.4 Å². The SMILES string of the molecule is CN1CC(Oc2ccc(C(N)CC(=O)O)cc2Cl)C1. The van der Waals surface area contributed by atoms with Gasteiger partial charge in [-0.05, 0) is 24.7 Å². The third-order valence-corrected chi connectivity index (χ3v) is 3.40. The normalized spacial score (nSPS) is 17.8. The topological polar surface area (TPSA) is 75.8 Å². The van der Waals surface area contributed by atoms with Crippen molar-refractivity contribution in [3.05, 3.63) is 28.8 Å². The highest BCUT2D eigenvalue weighted by Crippen LogP contribution is 2.30. The average Bonchev–Trinajstić information content (AvgIpc) is 2.28. The van der Waals surface area contributed by atoms with Gasteiger partial charge in [0.25, 0.3) is 0 Å². The van der Waals surface area contributed by atoms with Crippen LogP contribution in [0, 0.1) is 0 Å². The number of carboxylic acid groups (broad SMARTS) is 1. The molecule has 0 aromatic heterocycles. The third-order valence-electron chi connectivity index (χ3n) is 3.10. The lowest BCUT2D eigenvalue weighted by atomic mass is 10.0. The molecule has 1 aromatic rings. The van der Waals surface area contributed by atoms with E-state index in [0.29, 0.717) is 16.3 Å². The Morgan fingerprint density at radius 2 is 2.32 bits per heavy atom. The first kappa shape index (κ1) is 14.1. The van der Waals surface area contributed by atoms with Crippen LogP contribution in [0.15, 0.2) is 18.2 Å². The molecule has 19 heavy (non-hydrogen) atoms. The Bertz CT molecular complexity index is 475. The van der Waals surface area contributed by atoms with Crippen LogP contribution in [-0.4, -0.2) is 42.2 Å². The second-order valence-corrected chi connectivity index (χ2v) is 5.26. The van der Waals surface area contributed by atoms with Crippen molar-refractivity contribution in [2.75, 3.05) is 20.1 Å². The predicted molar refractivity (Wildman–Crippen MR) is 72.5 cm³/mol. The molecule has 1 heterocycles. The number of hydrogen-bond donors (Lipinski definition) is 2. The first-order valence-corrected chi connectivity index (χ1v) is 6.45. The summed E-state index contributed by atoms with van der Waals surface area (Å²) in [6.45, 7) is 1.77. The fourth-order valence-corrected chi connectivity index (χ4v) is 2.28. The van der Waals surface area contributed by atoms with Crippen molar-refractivity contribution in [3.63, 3.8) is 0 Å². The Morgan fingerprint density at radius 3 is 2.84 bits per heavy atom. The Balaban J connectivity index is 2.02. The lowest BCUT2D eigenvalue weighted by Crippen LogP contribution is -2.51. The van der Waals surface area contributed by atoms with Crippen LogP contribution in [-0.2, 0) is 4.79 Å². The van der Waals surface area contributed by atoms with E-state index in [1.807, 2.05) is 7.05 Å². The van der Waals surface area contributed by atoms with Gasteiger partial charge < -0.3 is 15.6 Å². The first-order chi connectivity index (χ1) is 8.95. The molecule has 1 saturated heterocycles. The van der Waals surface area contributed by atoms with Crippen LogP contribution in [0.25, 0.3) is 0 Å². The molecule has 1 aliphatic heterocycles. The summed E-state index contributed by atoms with van der Waals surface area (Å²) >= 11 is 6.13. The molecule has 0 bridgehead atoms. The molecular formula is C13H17ClN2O3. The largest absolute Gasteiger partial charge is 0.486 e. The summed E-state index contributed by atoms with van der Waals surface area (Å²) in [5, 5.41) is 9.18. The number of carboxylic acids is 1. The molecule has 1 atom stereocenters. The zero-order valence-corrected chi connectivity index (χ0v) is 11.4. The number of carbonyl (C=O) groups is 1. The van der Waals surface area contributed by atoms with Crippen LogP contribution in [0.2, 0.25) is 5.02 Å². The fraction of sp³-hybridized carbons (Fsp3) is 0.462. The van der Waals surface area contributed by atoms with E-state index < -0.39 is 12.0 Å². The van der Waals surface area contributed by atoms with E-state index in [4.69, 9.17) is 27.2 Å². The second-order valence-electron chi connectivity index (χ2n) is 4.86. The van der Waals surface area contributed by atoms with Crippen LogP contribution in [0.1, 0.15) is 18.0 Å². The Labute approximate surface area is 116 Å². The quantitative estimate of drug-likeness (QED) is 0.857. The van der Waals surface area contributed by atoms with Gasteiger partial charge in [0.1, 0.15) is 11.9 Å². The number of ether oxygens (including phenoxy) is 1. The van der Waals surface area contributed by atoms with Gasteiger partial charge in [-0.1, -0.05) is 17.7 Å². The smallest absolute Gasteiger partial charge is 0.305 e. The molecule has 1 fully saturated rings. The van der Waals surface area contributed by atoms with Gasteiger partial charge in [-0.2, -0.15) is 0 Å². The number of likely N-dealkylation sites (tertiary alicyclic amines) is 1. The molecule has 6 heteroatoms. The van der Waals surface area contributed by atoms with E-state index >= 15 is 0 Å². The van der Waals surface area contributed by atoms with Gasteiger partial charge in [0.2, 0.25) is 0 Å². The Hall–Kier alpha value is -1.30. The lowest BCUT2D eigenvalue weighted by Gasteiger charge is -2.36. The van der Waals surface area contributed by atoms with Crippen LogP contribution in [0.4, 0.5) is 0 Å². The maximum Gasteiger partial charge on any atom is 0.305 e. The first-order valence-electron chi connectivity index (χ1n) is 6.07. The molecule has 0 saturated carbocycles. The number of nitrogens with zero attached hydrogens (tertiary/aromatic N) is 1. The van der Waals surface area contributed by atoms with Crippen molar-refractivity contribution < 1.29 is 14.6 Å². The molecule has 104 valence electrons. The summed E-state index contributed by atoms with van der Waals surface area (Å²) in [5.74, 6) is -0.313. The highest BCUT2D eigenvalue weighted by Gasteiger charge is 2.25. The highest BCUT2D eigenvalue weighted by molar-refractivity contribution is 6.32. The van der Waals surface area contributed by atoms with Gasteiger partial charge in [0.15, 0.2) is 0 Å². The third kappa shape index (κ3) is 3.59. The zero-order valence-electron chi connectivity index (χ0n) is 10.7. The fourth-order valence-electron chi connectivity index (χ4n) is 2.05. The van der Waals surface area contributed by atoms with Crippen LogP contribution in [0.3, 0.4) is 0 Å². The van der Waals surface area contributed by atoms with Crippen molar-refractivity contribution >= 4 is 17.6 Å². The van der Waals surface area contributed by atoms with Gasteiger partial charge in [0, 0.05) is 19.1 Å². The summed E-state index contributed by atoms with van der Waals surface area (Å²) < 4.78 is 5.74. The summed E-state index contributed by atoms with van der Waals surface area (Å²) in [6, 6.07) is 4.63. The number of nitrogens with two attached hydrogens (primary N) is 1. The van der Waals surface area contributed by atoms with Crippen molar-refractivity contribution in [1.29, 1.82) is 0 Å². The number of benzene rings is 1. The van der Waals surface area contributed by atoms with E-state index in [0.717, 1.165) is 13.1 Å². The van der Waals surface area contributed by atoms with Crippen molar-refractivity contribution in [2.45, 2.75) is 18.6 Å². The molecule has 3 N–H and O–H groups in total. The van der Waals surface area contributed by atoms with Crippen molar-refractivity contribution in [3.8, 4) is 5.75 Å². The molecular weight excluding hydrogens is 268 g/mol. The summed E-state index contributed by atoms with van der Waals surface area (Å²) in [4.78, 5) is 12.8. The van der Waals surface area contributed by atoms with Crippen molar-refractivity contribution in [2.24, 2.45) is 5.73 Å². The molecule has 5 nitrogen and oxygen atoms in total. The summed E-state index contributed by atoms with van der Waals surface area (Å²) in [5.41, 5.74) is 6.48. The summed E-state index contributed by atoms with van der Waals surface area (Å²) in [7, 11) is 2.02. The molecule has 1 unspecified atom stereocenters. The number of hydrogen-bond acceptors (Lipinski definition) is 4. The van der Waals surface area contributed by atoms with Crippen LogP contribution >= 0.6 is 11.6 Å². The van der Waals surface area contributed by atoms with E-state index in [2.05, 4.69) is 4.90 Å². The monoisotopic (exact) mass is 284 g/mol. The lowest BCUT2D eigenvalue weighted by molar-refractivity contribution is -0.137. The molecule has 1 aromatic carbocycles. The zero-order chi connectivity index (χ0) is 14.0. The highest BCUT2D eigenvalue weighted by atomic mass is 35.5. The maximum absolute atomic E-state index is 10.6. The second kappa shape index (κ2) is 5.77. The standard InChI is InChI=1S/C13H17ClN2O3/c1-16-6-9(7-16)19-12-3-2-8(4-10(12)14)11(15)5-13(17)18/h2-4,9,11H,5-7,15H2,1H3,(H,17,18). The molecule has 0 spiro atoms. The molecule has 0 amide bonds. The predicted octanol–water partition coefficient (Wildman–Crippen LogP) is 1.51. The molecule has 0 radical (unpaired) electrons. The minimum atomic E-state index is -0.929. The molecule has 0 aliphatic carbocycles. The minimum absolute atomic E-state index is 0.121.